The van der Waals surface area contributed by atoms with Crippen LogP contribution in [0.25, 0.3) is 0 Å². The van der Waals surface area contributed by atoms with E-state index in [1.807, 2.05) is 23.5 Å². The zero-order valence-electron chi connectivity index (χ0n) is 4.20. The molecular weight excluding hydrogens is 144 g/mol. The monoisotopic (exact) mass is 150 g/mol. The van der Waals surface area contributed by atoms with E-state index in [0.717, 1.165) is 5.08 Å². The van der Waals surface area contributed by atoms with Gasteiger partial charge in [0.05, 0.1) is 0 Å². The Morgan fingerprint density at radius 1 is 1.12 bits per heavy atom. The van der Waals surface area contributed by atoms with Crippen LogP contribution in [0.5, 0.6) is 0 Å². The summed E-state index contributed by atoms with van der Waals surface area (Å²) in [7, 11) is 0. The maximum atomic E-state index is 5.20. The van der Waals surface area contributed by atoms with E-state index in [9.17, 15) is 0 Å². The molecular formula is C4H6O2S2. The minimum Gasteiger partial charge on any atom is -0.338 e. The van der Waals surface area contributed by atoms with Crippen molar-refractivity contribution in [2.45, 2.75) is 10.9 Å². The predicted octanol–water partition coefficient (Wildman–Crippen LogP) is 1.08. The van der Waals surface area contributed by atoms with Gasteiger partial charge in [0.25, 0.3) is 0 Å². The van der Waals surface area contributed by atoms with Crippen molar-refractivity contribution in [1.29, 1.82) is 0 Å². The predicted molar refractivity (Wildman–Crippen MR) is 34.7 cm³/mol. The molecule has 0 spiro atoms. The first-order valence-electron chi connectivity index (χ1n) is 2.43. The molecule has 46 valence electrons. The molecule has 2 rings (SSSR count). The molecule has 2 aliphatic heterocycles. The molecule has 0 aromatic rings. The van der Waals surface area contributed by atoms with E-state index in [1.165, 1.54) is 0 Å². The van der Waals surface area contributed by atoms with Gasteiger partial charge in [-0.15, -0.1) is 23.5 Å². The summed E-state index contributed by atoms with van der Waals surface area (Å²) in [5.74, 6) is 0. The number of hydrogen-bond donors (Lipinski definition) is 0. The standard InChI is InChI=1S/C4H6O2S2/c1-5-3-4(6-1)8-2-7-3/h3-4H,1-2H2. The van der Waals surface area contributed by atoms with Crippen molar-refractivity contribution < 1.29 is 9.47 Å². The summed E-state index contributed by atoms with van der Waals surface area (Å²) in [6, 6.07) is 0. The van der Waals surface area contributed by atoms with E-state index in [-0.39, 0.29) is 0 Å². The van der Waals surface area contributed by atoms with E-state index in [4.69, 9.17) is 9.47 Å². The minimum atomic E-state index is 0.333. The third-order valence-corrected chi connectivity index (χ3v) is 3.84. The van der Waals surface area contributed by atoms with Gasteiger partial charge in [-0.3, -0.25) is 0 Å². The Morgan fingerprint density at radius 3 is 2.38 bits per heavy atom. The molecule has 8 heavy (non-hydrogen) atoms. The van der Waals surface area contributed by atoms with Gasteiger partial charge in [-0.05, 0) is 0 Å². The van der Waals surface area contributed by atoms with Crippen molar-refractivity contribution in [3.8, 4) is 0 Å². The van der Waals surface area contributed by atoms with Gasteiger partial charge < -0.3 is 9.47 Å². The Kier molecular flexibility index (Phi) is 1.42. The van der Waals surface area contributed by atoms with Crippen LogP contribution in [-0.4, -0.2) is 22.7 Å². The third kappa shape index (κ3) is 0.757. The first-order chi connectivity index (χ1) is 3.97. The van der Waals surface area contributed by atoms with Crippen molar-refractivity contribution in [2.75, 3.05) is 11.9 Å². The fraction of sp³-hybridized carbons (Fsp3) is 1.00. The zero-order valence-corrected chi connectivity index (χ0v) is 5.83. The molecule has 2 aliphatic rings. The highest BCUT2D eigenvalue weighted by Gasteiger charge is 2.34. The summed E-state index contributed by atoms with van der Waals surface area (Å²) in [5.41, 5.74) is 0.667. The molecule has 2 saturated heterocycles. The number of thioether (sulfide) groups is 2. The molecule has 0 aliphatic carbocycles. The Morgan fingerprint density at radius 2 is 1.75 bits per heavy atom. The van der Waals surface area contributed by atoms with Crippen LogP contribution >= 0.6 is 23.5 Å². The molecule has 0 bridgehead atoms. The topological polar surface area (TPSA) is 18.5 Å². The summed E-state index contributed by atoms with van der Waals surface area (Å²) in [6.07, 6.45) is 0. The van der Waals surface area contributed by atoms with Crippen LogP contribution < -0.4 is 0 Å². The summed E-state index contributed by atoms with van der Waals surface area (Å²) >= 11 is 3.66. The molecule has 0 radical (unpaired) electrons. The number of fused-ring (bicyclic) bond motifs is 1. The average Bonchev–Trinajstić information content (AvgIpc) is 2.15. The Labute approximate surface area is 56.3 Å². The quantitative estimate of drug-likeness (QED) is 0.514. The minimum absolute atomic E-state index is 0.333. The van der Waals surface area contributed by atoms with Crippen LogP contribution in [-0.2, 0) is 9.47 Å². The molecule has 2 unspecified atom stereocenters. The van der Waals surface area contributed by atoms with Crippen LogP contribution in [0, 0.1) is 0 Å². The highest BCUT2D eigenvalue weighted by atomic mass is 32.2. The summed E-state index contributed by atoms with van der Waals surface area (Å²) in [5, 5.41) is 1.12. The van der Waals surface area contributed by atoms with Crippen LogP contribution in [0.2, 0.25) is 0 Å². The van der Waals surface area contributed by atoms with Gasteiger partial charge in [0.1, 0.15) is 17.7 Å². The highest BCUT2D eigenvalue weighted by Crippen LogP contribution is 2.40. The van der Waals surface area contributed by atoms with Crippen molar-refractivity contribution >= 4 is 23.5 Å². The molecule has 2 atom stereocenters. The zero-order chi connectivity index (χ0) is 5.40. The maximum absolute atomic E-state index is 5.20. The largest absolute Gasteiger partial charge is 0.338 e. The second-order valence-corrected chi connectivity index (χ2v) is 4.18. The van der Waals surface area contributed by atoms with Gasteiger partial charge in [-0.25, -0.2) is 0 Å². The number of hydrogen-bond acceptors (Lipinski definition) is 4. The van der Waals surface area contributed by atoms with Gasteiger partial charge in [-0.2, -0.15) is 0 Å². The van der Waals surface area contributed by atoms with Gasteiger partial charge in [0.2, 0.25) is 0 Å². The third-order valence-electron chi connectivity index (χ3n) is 1.15. The first-order valence-corrected chi connectivity index (χ1v) is 4.53. The summed E-state index contributed by atoms with van der Waals surface area (Å²) in [4.78, 5) is 0. The number of rotatable bonds is 0. The SMILES string of the molecule is C1OC2SCSC2O1. The maximum Gasteiger partial charge on any atom is 0.150 e. The van der Waals surface area contributed by atoms with E-state index in [2.05, 4.69) is 0 Å². The molecule has 0 N–H and O–H groups in total. The molecule has 0 amide bonds. The Balaban J connectivity index is 2.04. The molecule has 2 nitrogen and oxygen atoms in total. The van der Waals surface area contributed by atoms with Gasteiger partial charge in [-0.1, -0.05) is 0 Å². The Hall–Kier alpha value is 0.620. The van der Waals surface area contributed by atoms with Crippen LogP contribution in [0.15, 0.2) is 0 Å². The normalized spacial score (nSPS) is 45.0. The van der Waals surface area contributed by atoms with E-state index in [1.54, 1.807) is 0 Å². The fourth-order valence-corrected chi connectivity index (χ4v) is 3.39. The summed E-state index contributed by atoms with van der Waals surface area (Å²) < 4.78 is 10.4. The highest BCUT2D eigenvalue weighted by molar-refractivity contribution is 8.19. The second kappa shape index (κ2) is 2.10. The summed E-state index contributed by atoms with van der Waals surface area (Å²) in [6.45, 7) is 0.495. The number of ether oxygens (including phenoxy) is 2. The van der Waals surface area contributed by atoms with Crippen LogP contribution in [0.1, 0.15) is 0 Å². The first kappa shape index (κ1) is 5.41. The van der Waals surface area contributed by atoms with Crippen molar-refractivity contribution in [3.63, 3.8) is 0 Å². The van der Waals surface area contributed by atoms with Crippen molar-refractivity contribution in [3.05, 3.63) is 0 Å². The van der Waals surface area contributed by atoms with Crippen molar-refractivity contribution in [2.24, 2.45) is 0 Å². The molecule has 2 heterocycles. The Bertz CT molecular complexity index is 78.0. The lowest BCUT2D eigenvalue weighted by atomic mass is 10.8. The van der Waals surface area contributed by atoms with E-state index >= 15 is 0 Å². The molecule has 2 fully saturated rings. The molecule has 4 heteroatoms. The van der Waals surface area contributed by atoms with Gasteiger partial charge in [0, 0.05) is 5.08 Å². The fourth-order valence-electron chi connectivity index (χ4n) is 0.757. The van der Waals surface area contributed by atoms with Gasteiger partial charge in [0.15, 0.2) is 0 Å². The lowest BCUT2D eigenvalue weighted by Crippen LogP contribution is -2.07. The molecule has 0 aromatic heterocycles. The average molecular weight is 150 g/mol. The van der Waals surface area contributed by atoms with Gasteiger partial charge >= 0.3 is 0 Å². The van der Waals surface area contributed by atoms with E-state index in [0.29, 0.717) is 17.7 Å². The van der Waals surface area contributed by atoms with E-state index < -0.39 is 0 Å². The van der Waals surface area contributed by atoms with Crippen molar-refractivity contribution in [1.82, 2.24) is 0 Å². The molecule has 0 saturated carbocycles. The lowest BCUT2D eigenvalue weighted by molar-refractivity contribution is 0.0596. The van der Waals surface area contributed by atoms with Crippen LogP contribution in [0.4, 0.5) is 0 Å². The smallest absolute Gasteiger partial charge is 0.150 e. The van der Waals surface area contributed by atoms with Crippen LogP contribution in [0.3, 0.4) is 0 Å². The lowest BCUT2D eigenvalue weighted by Gasteiger charge is -1.99. The second-order valence-electron chi connectivity index (χ2n) is 1.64. The molecule has 0 aromatic carbocycles.